The first-order valence-corrected chi connectivity index (χ1v) is 7.72. The number of anilines is 3. The molecule has 3 rings (SSSR count). The summed E-state index contributed by atoms with van der Waals surface area (Å²) in [6, 6.07) is 10.1. The van der Waals surface area contributed by atoms with Crippen LogP contribution in [0.1, 0.15) is 31.5 Å². The second kappa shape index (κ2) is 6.31. The predicted octanol–water partition coefficient (Wildman–Crippen LogP) is 4.54. The summed E-state index contributed by atoms with van der Waals surface area (Å²) in [4.78, 5) is 8.89. The SMILES string of the molecule is Cc1nc(Nc2ccccc2Cl)cc(NC2CCCC2)n1. The molecule has 1 fully saturated rings. The van der Waals surface area contributed by atoms with Crippen LogP contribution in [0, 0.1) is 6.92 Å². The van der Waals surface area contributed by atoms with Crippen molar-refractivity contribution in [1.29, 1.82) is 0 Å². The largest absolute Gasteiger partial charge is 0.367 e. The Bertz CT molecular complexity index is 623. The Labute approximate surface area is 130 Å². The number of para-hydroxylation sites is 1. The number of aryl methyl sites for hydroxylation is 1. The quantitative estimate of drug-likeness (QED) is 0.871. The summed E-state index contributed by atoms with van der Waals surface area (Å²) in [5.41, 5.74) is 0.851. The minimum absolute atomic E-state index is 0.535. The number of aromatic nitrogens is 2. The van der Waals surface area contributed by atoms with Crippen LogP contribution < -0.4 is 10.6 Å². The van der Waals surface area contributed by atoms with Gasteiger partial charge in [0.25, 0.3) is 0 Å². The van der Waals surface area contributed by atoms with Crippen LogP contribution in [-0.4, -0.2) is 16.0 Å². The highest BCUT2D eigenvalue weighted by molar-refractivity contribution is 6.33. The maximum atomic E-state index is 6.17. The van der Waals surface area contributed by atoms with Crippen molar-refractivity contribution in [2.75, 3.05) is 10.6 Å². The molecule has 0 unspecified atom stereocenters. The lowest BCUT2D eigenvalue weighted by Gasteiger charge is -2.14. The molecule has 110 valence electrons. The van der Waals surface area contributed by atoms with Gasteiger partial charge in [-0.2, -0.15) is 0 Å². The van der Waals surface area contributed by atoms with E-state index in [1.807, 2.05) is 37.3 Å². The van der Waals surface area contributed by atoms with E-state index in [1.165, 1.54) is 25.7 Å². The maximum absolute atomic E-state index is 6.17. The van der Waals surface area contributed by atoms with Gasteiger partial charge in [0.1, 0.15) is 17.5 Å². The molecule has 2 aromatic rings. The first-order chi connectivity index (χ1) is 10.2. The second-order valence-electron chi connectivity index (χ2n) is 5.42. The molecule has 0 aliphatic heterocycles. The minimum Gasteiger partial charge on any atom is -0.367 e. The monoisotopic (exact) mass is 302 g/mol. The molecule has 1 heterocycles. The topological polar surface area (TPSA) is 49.8 Å². The van der Waals surface area contributed by atoms with Gasteiger partial charge < -0.3 is 10.6 Å². The van der Waals surface area contributed by atoms with Gasteiger partial charge in [0, 0.05) is 12.1 Å². The van der Waals surface area contributed by atoms with E-state index in [0.717, 1.165) is 23.1 Å². The lowest BCUT2D eigenvalue weighted by atomic mass is 10.2. The number of nitrogens with zero attached hydrogens (tertiary/aromatic N) is 2. The van der Waals surface area contributed by atoms with Gasteiger partial charge in [-0.15, -0.1) is 0 Å². The van der Waals surface area contributed by atoms with Crippen LogP contribution in [-0.2, 0) is 0 Å². The molecular formula is C16H19ClN4. The molecule has 0 radical (unpaired) electrons. The van der Waals surface area contributed by atoms with Gasteiger partial charge in [-0.25, -0.2) is 9.97 Å². The average Bonchev–Trinajstić information content (AvgIpc) is 2.93. The van der Waals surface area contributed by atoms with Gasteiger partial charge in [0.05, 0.1) is 10.7 Å². The van der Waals surface area contributed by atoms with Crippen LogP contribution in [0.2, 0.25) is 5.02 Å². The van der Waals surface area contributed by atoms with Gasteiger partial charge in [-0.05, 0) is 31.9 Å². The van der Waals surface area contributed by atoms with Crippen molar-refractivity contribution in [2.24, 2.45) is 0 Å². The fraction of sp³-hybridized carbons (Fsp3) is 0.375. The smallest absolute Gasteiger partial charge is 0.136 e. The van der Waals surface area contributed by atoms with Crippen molar-refractivity contribution in [1.82, 2.24) is 9.97 Å². The Kier molecular flexibility index (Phi) is 4.25. The standard InChI is InChI=1S/C16H19ClN4/c1-11-18-15(20-12-6-2-3-7-12)10-16(19-11)21-14-9-5-4-8-13(14)17/h4-5,8-10,12H,2-3,6-7H2,1H3,(H2,18,19,20,21). The molecule has 0 bridgehead atoms. The molecule has 1 saturated carbocycles. The fourth-order valence-corrected chi connectivity index (χ4v) is 2.87. The van der Waals surface area contributed by atoms with Crippen LogP contribution in [0.25, 0.3) is 0 Å². The highest BCUT2D eigenvalue weighted by Crippen LogP contribution is 2.26. The molecule has 0 spiro atoms. The van der Waals surface area contributed by atoms with Crippen molar-refractivity contribution in [2.45, 2.75) is 38.6 Å². The summed E-state index contributed by atoms with van der Waals surface area (Å²) in [6.45, 7) is 1.90. The van der Waals surface area contributed by atoms with Gasteiger partial charge in [-0.3, -0.25) is 0 Å². The zero-order valence-corrected chi connectivity index (χ0v) is 12.8. The number of benzene rings is 1. The van der Waals surface area contributed by atoms with Crippen LogP contribution in [0.5, 0.6) is 0 Å². The molecule has 5 heteroatoms. The average molecular weight is 303 g/mol. The molecule has 0 atom stereocenters. The van der Waals surface area contributed by atoms with Gasteiger partial charge in [0.15, 0.2) is 0 Å². The number of rotatable bonds is 4. The van der Waals surface area contributed by atoms with Gasteiger partial charge in [-0.1, -0.05) is 36.6 Å². The highest BCUT2D eigenvalue weighted by Gasteiger charge is 2.15. The molecule has 4 nitrogen and oxygen atoms in total. The summed E-state index contributed by atoms with van der Waals surface area (Å²) in [5.74, 6) is 2.38. The van der Waals surface area contributed by atoms with E-state index in [2.05, 4.69) is 20.6 Å². The summed E-state index contributed by atoms with van der Waals surface area (Å²) in [6.07, 6.45) is 5.03. The van der Waals surface area contributed by atoms with Crippen LogP contribution in [0.4, 0.5) is 17.3 Å². The lowest BCUT2D eigenvalue weighted by Crippen LogP contribution is -2.16. The normalized spacial score (nSPS) is 15.1. The lowest BCUT2D eigenvalue weighted by molar-refractivity contribution is 0.748. The van der Waals surface area contributed by atoms with E-state index in [0.29, 0.717) is 11.1 Å². The summed E-state index contributed by atoms with van der Waals surface area (Å²) < 4.78 is 0. The number of hydrogen-bond donors (Lipinski definition) is 2. The number of halogens is 1. The fourth-order valence-electron chi connectivity index (χ4n) is 2.69. The van der Waals surface area contributed by atoms with Crippen molar-refractivity contribution in [3.05, 3.63) is 41.2 Å². The third-order valence-corrected chi connectivity index (χ3v) is 4.01. The molecule has 1 aromatic carbocycles. The van der Waals surface area contributed by atoms with E-state index in [9.17, 15) is 0 Å². The summed E-state index contributed by atoms with van der Waals surface area (Å²) in [7, 11) is 0. The van der Waals surface area contributed by atoms with Gasteiger partial charge in [0.2, 0.25) is 0 Å². The molecule has 1 aromatic heterocycles. The van der Waals surface area contributed by atoms with Crippen LogP contribution in [0.15, 0.2) is 30.3 Å². The van der Waals surface area contributed by atoms with Crippen molar-refractivity contribution >= 4 is 28.9 Å². The van der Waals surface area contributed by atoms with E-state index in [1.54, 1.807) is 0 Å². The van der Waals surface area contributed by atoms with Crippen LogP contribution in [0.3, 0.4) is 0 Å². The summed E-state index contributed by atoms with van der Waals surface area (Å²) >= 11 is 6.17. The molecule has 0 saturated heterocycles. The molecule has 1 aliphatic rings. The van der Waals surface area contributed by atoms with E-state index in [-0.39, 0.29) is 0 Å². The van der Waals surface area contributed by atoms with Crippen molar-refractivity contribution in [3.63, 3.8) is 0 Å². The highest BCUT2D eigenvalue weighted by atomic mass is 35.5. The number of nitrogens with one attached hydrogen (secondary N) is 2. The first-order valence-electron chi connectivity index (χ1n) is 7.34. The predicted molar refractivity (Wildman–Crippen MR) is 87.4 cm³/mol. The van der Waals surface area contributed by atoms with E-state index >= 15 is 0 Å². The Hall–Kier alpha value is -1.81. The Morgan fingerprint density at radius 3 is 2.57 bits per heavy atom. The molecular weight excluding hydrogens is 284 g/mol. The van der Waals surface area contributed by atoms with Gasteiger partial charge >= 0.3 is 0 Å². The number of hydrogen-bond acceptors (Lipinski definition) is 4. The Balaban J connectivity index is 1.79. The molecule has 21 heavy (non-hydrogen) atoms. The third-order valence-electron chi connectivity index (χ3n) is 3.68. The van der Waals surface area contributed by atoms with Crippen molar-refractivity contribution < 1.29 is 0 Å². The zero-order chi connectivity index (χ0) is 14.7. The third kappa shape index (κ3) is 3.64. The first kappa shape index (κ1) is 14.1. The zero-order valence-electron chi connectivity index (χ0n) is 12.1. The second-order valence-corrected chi connectivity index (χ2v) is 5.82. The maximum Gasteiger partial charge on any atom is 0.136 e. The Morgan fingerprint density at radius 1 is 1.10 bits per heavy atom. The van der Waals surface area contributed by atoms with Crippen LogP contribution >= 0.6 is 11.6 Å². The van der Waals surface area contributed by atoms with Crippen molar-refractivity contribution in [3.8, 4) is 0 Å². The Morgan fingerprint density at radius 2 is 1.81 bits per heavy atom. The minimum atomic E-state index is 0.535. The molecule has 2 N–H and O–H groups in total. The molecule has 0 amide bonds. The summed E-state index contributed by atoms with van der Waals surface area (Å²) in [5, 5.41) is 7.43. The van der Waals surface area contributed by atoms with E-state index < -0.39 is 0 Å². The van der Waals surface area contributed by atoms with E-state index in [4.69, 9.17) is 11.6 Å². The molecule has 1 aliphatic carbocycles.